The van der Waals surface area contributed by atoms with E-state index in [0.717, 1.165) is 0 Å². The van der Waals surface area contributed by atoms with Gasteiger partial charge >= 0.3 is 6.18 Å². The minimum atomic E-state index is -4.59. The molecule has 18 heavy (non-hydrogen) atoms. The smallest absolute Gasteiger partial charge is 0.264 e. The zero-order valence-corrected chi connectivity index (χ0v) is 10.1. The van der Waals surface area contributed by atoms with E-state index in [1.807, 2.05) is 0 Å². The number of hydrogen-bond donors (Lipinski definition) is 0. The molecule has 1 saturated carbocycles. The first kappa shape index (κ1) is 13.4. The number of nitro groups is 1. The largest absolute Gasteiger partial charge is 0.399 e. The van der Waals surface area contributed by atoms with E-state index in [-0.39, 0.29) is 15.6 Å². The Morgan fingerprint density at radius 2 is 1.83 bits per heavy atom. The molecule has 0 saturated heterocycles. The highest BCUT2D eigenvalue weighted by atomic mass is 35.5. The second kappa shape index (κ2) is 4.28. The fourth-order valence-corrected chi connectivity index (χ4v) is 2.39. The van der Waals surface area contributed by atoms with Gasteiger partial charge in [-0.3, -0.25) is 10.1 Å². The van der Waals surface area contributed by atoms with Crippen molar-refractivity contribution in [1.82, 2.24) is 0 Å². The van der Waals surface area contributed by atoms with E-state index >= 15 is 0 Å². The van der Waals surface area contributed by atoms with Gasteiger partial charge in [0.25, 0.3) is 0 Å². The second-order valence-corrected chi connectivity index (χ2v) is 4.86. The minimum absolute atomic E-state index is 0.0871. The molecule has 1 aliphatic carbocycles. The molecule has 0 N–H and O–H groups in total. The molecule has 0 bridgehead atoms. The molecule has 1 fully saturated rings. The van der Waals surface area contributed by atoms with Crippen LogP contribution in [0.2, 0.25) is 10.0 Å². The lowest BCUT2D eigenvalue weighted by Crippen LogP contribution is -2.17. The second-order valence-electron chi connectivity index (χ2n) is 4.04. The Morgan fingerprint density at radius 3 is 2.22 bits per heavy atom. The molecule has 3 nitrogen and oxygen atoms in total. The molecule has 98 valence electrons. The van der Waals surface area contributed by atoms with Crippen LogP contribution in [-0.2, 0) is 0 Å². The normalized spacial score (nSPS) is 27.1. The molecule has 0 radical (unpaired) electrons. The molecule has 0 unspecified atom stereocenters. The fourth-order valence-electron chi connectivity index (χ4n) is 2.08. The van der Waals surface area contributed by atoms with Crippen molar-refractivity contribution in [2.24, 2.45) is 5.92 Å². The van der Waals surface area contributed by atoms with Gasteiger partial charge < -0.3 is 0 Å². The Kier molecular flexibility index (Phi) is 3.19. The van der Waals surface area contributed by atoms with Gasteiger partial charge in [0.05, 0.1) is 16.0 Å². The van der Waals surface area contributed by atoms with Gasteiger partial charge in [0.2, 0.25) is 6.04 Å². The van der Waals surface area contributed by atoms with E-state index < -0.39 is 29.0 Å². The summed E-state index contributed by atoms with van der Waals surface area (Å²) in [5, 5.41) is 10.9. The van der Waals surface area contributed by atoms with Crippen LogP contribution in [0.3, 0.4) is 0 Å². The average molecular weight is 300 g/mol. The molecule has 8 heteroatoms. The zero-order chi connectivity index (χ0) is 13.7. The maximum Gasteiger partial charge on any atom is 0.399 e. The third-order valence-electron chi connectivity index (χ3n) is 2.93. The molecule has 0 heterocycles. The van der Waals surface area contributed by atoms with Crippen LogP contribution in [0.4, 0.5) is 13.2 Å². The van der Waals surface area contributed by atoms with Crippen molar-refractivity contribution in [3.63, 3.8) is 0 Å². The predicted octanol–water partition coefficient (Wildman–Crippen LogP) is 3.91. The van der Waals surface area contributed by atoms with Crippen molar-refractivity contribution in [3.05, 3.63) is 43.9 Å². The first-order chi connectivity index (χ1) is 8.23. The highest BCUT2D eigenvalue weighted by Crippen LogP contribution is 2.57. The van der Waals surface area contributed by atoms with Gasteiger partial charge in [-0.1, -0.05) is 29.3 Å². The molecule has 2 rings (SSSR count). The summed E-state index contributed by atoms with van der Waals surface area (Å²) >= 11 is 11.3. The Morgan fingerprint density at radius 1 is 1.22 bits per heavy atom. The number of benzene rings is 1. The van der Waals surface area contributed by atoms with Crippen LogP contribution >= 0.6 is 23.2 Å². The average Bonchev–Trinajstić information content (AvgIpc) is 2.96. The van der Waals surface area contributed by atoms with Crippen LogP contribution in [0.5, 0.6) is 0 Å². The number of hydrogen-bond acceptors (Lipinski definition) is 2. The first-order valence-electron chi connectivity index (χ1n) is 4.88. The summed E-state index contributed by atoms with van der Waals surface area (Å²) in [4.78, 5) is 9.70. The molecule has 0 amide bonds. The molecular formula is C10H6Cl2F3NO2. The Labute approximate surface area is 110 Å². The van der Waals surface area contributed by atoms with Gasteiger partial charge in [-0.25, -0.2) is 0 Å². The molecule has 0 aromatic heterocycles. The lowest BCUT2D eigenvalue weighted by atomic mass is 10.1. The quantitative estimate of drug-likeness (QED) is 0.614. The van der Waals surface area contributed by atoms with Crippen molar-refractivity contribution in [2.45, 2.75) is 18.1 Å². The Hall–Kier alpha value is -1.01. The highest BCUT2D eigenvalue weighted by molar-refractivity contribution is 6.42. The van der Waals surface area contributed by atoms with Gasteiger partial charge in [-0.2, -0.15) is 13.2 Å². The number of rotatable bonds is 2. The topological polar surface area (TPSA) is 43.1 Å². The molecule has 0 spiro atoms. The minimum Gasteiger partial charge on any atom is -0.264 e. The van der Waals surface area contributed by atoms with Crippen molar-refractivity contribution in [1.29, 1.82) is 0 Å². The van der Waals surface area contributed by atoms with Crippen molar-refractivity contribution in [2.75, 3.05) is 0 Å². The SMILES string of the molecule is O=[N+]([O-])[C@H]1[C@H](c2ccc(Cl)c(Cl)c2)[C@@H]1C(F)(F)F. The van der Waals surface area contributed by atoms with E-state index in [1.54, 1.807) is 0 Å². The molecule has 0 aliphatic heterocycles. The van der Waals surface area contributed by atoms with Crippen molar-refractivity contribution < 1.29 is 18.1 Å². The summed E-state index contributed by atoms with van der Waals surface area (Å²) in [5.41, 5.74) is 0.188. The first-order valence-corrected chi connectivity index (χ1v) is 5.64. The summed E-state index contributed by atoms with van der Waals surface area (Å²) in [6, 6.07) is 2.28. The molecular weight excluding hydrogens is 294 g/mol. The van der Waals surface area contributed by atoms with Crippen molar-refractivity contribution >= 4 is 23.2 Å². The van der Waals surface area contributed by atoms with E-state index in [0.29, 0.717) is 0 Å². The monoisotopic (exact) mass is 299 g/mol. The molecule has 1 aromatic carbocycles. The summed E-state index contributed by atoms with van der Waals surface area (Å²) in [5.74, 6) is -3.14. The van der Waals surface area contributed by atoms with Crippen LogP contribution < -0.4 is 0 Å². The maximum absolute atomic E-state index is 12.6. The maximum atomic E-state index is 12.6. The number of alkyl halides is 3. The van der Waals surface area contributed by atoms with Gasteiger partial charge in [-0.15, -0.1) is 0 Å². The zero-order valence-electron chi connectivity index (χ0n) is 8.62. The van der Waals surface area contributed by atoms with E-state index in [4.69, 9.17) is 23.2 Å². The van der Waals surface area contributed by atoms with Crippen LogP contribution in [0.1, 0.15) is 11.5 Å². The third kappa shape index (κ3) is 2.27. The Bertz CT molecular complexity index is 506. The standard InChI is InChI=1S/C10H6Cl2F3NO2/c11-5-2-1-4(3-6(5)12)7-8(10(13,14)15)9(7)16(17)18/h1-3,7-9H/t7-,8+,9+/m1/s1. The summed E-state index contributed by atoms with van der Waals surface area (Å²) in [6.45, 7) is 0. The predicted molar refractivity (Wildman–Crippen MR) is 59.5 cm³/mol. The van der Waals surface area contributed by atoms with Crippen LogP contribution in [0.15, 0.2) is 18.2 Å². The molecule has 1 aliphatic rings. The van der Waals surface area contributed by atoms with Gasteiger partial charge in [-0.05, 0) is 17.7 Å². The van der Waals surface area contributed by atoms with Crippen LogP contribution in [-0.4, -0.2) is 17.1 Å². The number of nitrogens with zero attached hydrogens (tertiary/aromatic N) is 1. The summed E-state index contributed by atoms with van der Waals surface area (Å²) in [7, 11) is 0. The Balaban J connectivity index is 2.33. The highest BCUT2D eigenvalue weighted by Gasteiger charge is 2.72. The van der Waals surface area contributed by atoms with Crippen LogP contribution in [0, 0.1) is 16.0 Å². The fraction of sp³-hybridized carbons (Fsp3) is 0.400. The molecule has 1 aromatic rings. The van der Waals surface area contributed by atoms with Gasteiger partial charge in [0.1, 0.15) is 5.92 Å². The van der Waals surface area contributed by atoms with Crippen molar-refractivity contribution in [3.8, 4) is 0 Å². The van der Waals surface area contributed by atoms with E-state index in [1.165, 1.54) is 18.2 Å². The van der Waals surface area contributed by atoms with E-state index in [9.17, 15) is 23.3 Å². The number of halogens is 5. The lowest BCUT2D eigenvalue weighted by molar-refractivity contribution is -0.503. The van der Waals surface area contributed by atoms with E-state index in [2.05, 4.69) is 0 Å². The summed E-state index contributed by atoms with van der Waals surface area (Å²) < 4.78 is 37.8. The third-order valence-corrected chi connectivity index (χ3v) is 3.67. The van der Waals surface area contributed by atoms with Crippen LogP contribution in [0.25, 0.3) is 0 Å². The van der Waals surface area contributed by atoms with Gasteiger partial charge in [0, 0.05) is 4.92 Å². The summed E-state index contributed by atoms with van der Waals surface area (Å²) in [6.07, 6.45) is -4.59. The molecule has 3 atom stereocenters. The van der Waals surface area contributed by atoms with Gasteiger partial charge in [0.15, 0.2) is 0 Å². The lowest BCUT2D eigenvalue weighted by Gasteiger charge is -2.03.